The zero-order chi connectivity index (χ0) is 18.2. The minimum Gasteiger partial charge on any atom is -0.494 e. The molecular weight excluding hydrogens is 405 g/mol. The standard InChI is InChI=1S/C19H27N3O2S.2ClH/c1-4-24-17-7-5-14(6-8-17)19-22-16(12-25-19)10-18(23)21-15(11-20)9-13(2)3;;/h5-8,12-13,15H,4,9-11,20H2,1-3H3,(H,21,23);2*1H. The molecule has 0 radical (unpaired) electrons. The van der Waals surface area contributed by atoms with E-state index in [2.05, 4.69) is 24.1 Å². The smallest absolute Gasteiger partial charge is 0.226 e. The highest BCUT2D eigenvalue weighted by atomic mass is 35.5. The van der Waals surface area contributed by atoms with E-state index in [1.807, 2.05) is 36.6 Å². The summed E-state index contributed by atoms with van der Waals surface area (Å²) in [5.74, 6) is 1.32. The minimum atomic E-state index is -0.0281. The highest BCUT2D eigenvalue weighted by Gasteiger charge is 2.14. The van der Waals surface area contributed by atoms with Gasteiger partial charge in [0.1, 0.15) is 10.8 Å². The summed E-state index contributed by atoms with van der Waals surface area (Å²) in [6, 6.07) is 7.87. The molecule has 2 rings (SSSR count). The average Bonchev–Trinajstić information content (AvgIpc) is 3.03. The highest BCUT2D eigenvalue weighted by molar-refractivity contribution is 7.13. The molecule has 0 saturated heterocycles. The van der Waals surface area contributed by atoms with Crippen LogP contribution in [0.3, 0.4) is 0 Å². The molecule has 0 aliphatic heterocycles. The lowest BCUT2D eigenvalue weighted by Crippen LogP contribution is -2.41. The zero-order valence-electron chi connectivity index (χ0n) is 15.9. The summed E-state index contributed by atoms with van der Waals surface area (Å²) in [5, 5.41) is 5.84. The van der Waals surface area contributed by atoms with Gasteiger partial charge in [0.05, 0.1) is 18.7 Å². The number of hydrogen-bond acceptors (Lipinski definition) is 5. The number of nitrogens with one attached hydrogen (secondary N) is 1. The molecule has 5 nitrogen and oxygen atoms in total. The Morgan fingerprint density at radius 1 is 1.26 bits per heavy atom. The monoisotopic (exact) mass is 433 g/mol. The van der Waals surface area contributed by atoms with Gasteiger partial charge in [0, 0.05) is 23.5 Å². The van der Waals surface area contributed by atoms with Gasteiger partial charge >= 0.3 is 0 Å². The number of carbonyl (C=O) groups is 1. The molecule has 0 aliphatic carbocycles. The van der Waals surface area contributed by atoms with Gasteiger partial charge in [-0.15, -0.1) is 36.2 Å². The Hall–Kier alpha value is -1.34. The molecule has 0 bridgehead atoms. The molecule has 0 spiro atoms. The second-order valence-corrected chi connectivity index (χ2v) is 7.27. The van der Waals surface area contributed by atoms with Crippen LogP contribution in [-0.4, -0.2) is 30.1 Å². The first kappa shape index (κ1) is 25.7. The largest absolute Gasteiger partial charge is 0.494 e. The average molecular weight is 434 g/mol. The summed E-state index contributed by atoms with van der Waals surface area (Å²) >= 11 is 1.54. The Morgan fingerprint density at radius 2 is 1.93 bits per heavy atom. The normalized spacial score (nSPS) is 11.3. The van der Waals surface area contributed by atoms with Gasteiger partial charge in [-0.25, -0.2) is 4.98 Å². The van der Waals surface area contributed by atoms with Crippen LogP contribution in [0.1, 0.15) is 32.9 Å². The molecule has 27 heavy (non-hydrogen) atoms. The number of aromatic nitrogens is 1. The van der Waals surface area contributed by atoms with Gasteiger partial charge < -0.3 is 15.8 Å². The van der Waals surface area contributed by atoms with Gasteiger partial charge in [0.2, 0.25) is 5.91 Å². The van der Waals surface area contributed by atoms with Crippen molar-refractivity contribution in [1.29, 1.82) is 0 Å². The molecule has 1 unspecified atom stereocenters. The fourth-order valence-corrected chi connectivity index (χ4v) is 3.43. The fourth-order valence-electron chi connectivity index (χ4n) is 2.61. The maximum atomic E-state index is 12.2. The third-order valence-electron chi connectivity index (χ3n) is 3.71. The predicted octanol–water partition coefficient (Wildman–Crippen LogP) is 4.08. The number of thiazole rings is 1. The van der Waals surface area contributed by atoms with Crippen molar-refractivity contribution >= 4 is 42.1 Å². The number of rotatable bonds is 9. The lowest BCUT2D eigenvalue weighted by molar-refractivity contribution is -0.121. The third kappa shape index (κ3) is 8.47. The Balaban J connectivity index is 0.00000338. The number of halogens is 2. The number of nitrogens with two attached hydrogens (primary N) is 1. The second-order valence-electron chi connectivity index (χ2n) is 6.41. The van der Waals surface area contributed by atoms with E-state index >= 15 is 0 Å². The first-order chi connectivity index (χ1) is 12.0. The van der Waals surface area contributed by atoms with Crippen LogP contribution in [0, 0.1) is 5.92 Å². The van der Waals surface area contributed by atoms with E-state index in [1.54, 1.807) is 11.3 Å². The van der Waals surface area contributed by atoms with Crippen LogP contribution in [-0.2, 0) is 11.2 Å². The van der Waals surface area contributed by atoms with Gasteiger partial charge in [-0.3, -0.25) is 4.79 Å². The summed E-state index contributed by atoms with van der Waals surface area (Å²) < 4.78 is 5.45. The molecule has 0 aliphatic rings. The molecular formula is C19H29Cl2N3O2S. The van der Waals surface area contributed by atoms with Crippen molar-refractivity contribution in [3.63, 3.8) is 0 Å². The van der Waals surface area contributed by atoms with Crippen LogP contribution in [0.4, 0.5) is 0 Å². The molecule has 0 fully saturated rings. The van der Waals surface area contributed by atoms with Crippen LogP contribution >= 0.6 is 36.2 Å². The molecule has 1 atom stereocenters. The van der Waals surface area contributed by atoms with Crippen LogP contribution in [0.25, 0.3) is 10.6 Å². The Kier molecular flexibility index (Phi) is 12.3. The highest BCUT2D eigenvalue weighted by Crippen LogP contribution is 2.26. The van der Waals surface area contributed by atoms with Gasteiger partial charge in [-0.05, 0) is 43.5 Å². The van der Waals surface area contributed by atoms with E-state index in [0.29, 0.717) is 19.1 Å². The van der Waals surface area contributed by atoms with Crippen molar-refractivity contribution in [3.8, 4) is 16.3 Å². The van der Waals surface area contributed by atoms with Gasteiger partial charge in [-0.1, -0.05) is 13.8 Å². The maximum Gasteiger partial charge on any atom is 0.226 e. The topological polar surface area (TPSA) is 77.2 Å². The Morgan fingerprint density at radius 3 is 2.48 bits per heavy atom. The molecule has 152 valence electrons. The molecule has 8 heteroatoms. The lowest BCUT2D eigenvalue weighted by Gasteiger charge is -2.18. The van der Waals surface area contributed by atoms with Crippen LogP contribution in [0.15, 0.2) is 29.6 Å². The molecule has 1 amide bonds. The number of ether oxygens (including phenoxy) is 1. The first-order valence-corrected chi connectivity index (χ1v) is 9.56. The van der Waals surface area contributed by atoms with E-state index < -0.39 is 0 Å². The second kappa shape index (κ2) is 12.9. The van der Waals surface area contributed by atoms with Crippen LogP contribution in [0.5, 0.6) is 5.75 Å². The Bertz CT molecular complexity index is 678. The predicted molar refractivity (Wildman–Crippen MR) is 117 cm³/mol. The SMILES string of the molecule is CCOc1ccc(-c2nc(CC(=O)NC(CN)CC(C)C)cs2)cc1.Cl.Cl. The lowest BCUT2D eigenvalue weighted by atomic mass is 10.0. The van der Waals surface area contributed by atoms with Crippen molar-refractivity contribution in [2.24, 2.45) is 11.7 Å². The quantitative estimate of drug-likeness (QED) is 0.624. The fraction of sp³-hybridized carbons (Fsp3) is 0.474. The van der Waals surface area contributed by atoms with Crippen molar-refractivity contribution in [3.05, 3.63) is 35.3 Å². The van der Waals surface area contributed by atoms with E-state index in [9.17, 15) is 4.79 Å². The number of carbonyl (C=O) groups excluding carboxylic acids is 1. The van der Waals surface area contributed by atoms with E-state index in [1.165, 1.54) is 0 Å². The third-order valence-corrected chi connectivity index (χ3v) is 4.65. The van der Waals surface area contributed by atoms with Crippen molar-refractivity contribution in [2.45, 2.75) is 39.7 Å². The van der Waals surface area contributed by atoms with Gasteiger partial charge in [-0.2, -0.15) is 0 Å². The summed E-state index contributed by atoms with van der Waals surface area (Å²) in [5.41, 5.74) is 7.55. The molecule has 0 saturated carbocycles. The van der Waals surface area contributed by atoms with Crippen molar-refractivity contribution in [1.82, 2.24) is 10.3 Å². The summed E-state index contributed by atoms with van der Waals surface area (Å²) in [6.07, 6.45) is 1.17. The molecule has 3 N–H and O–H groups in total. The first-order valence-electron chi connectivity index (χ1n) is 8.68. The van der Waals surface area contributed by atoms with Crippen molar-refractivity contribution < 1.29 is 9.53 Å². The van der Waals surface area contributed by atoms with E-state index in [4.69, 9.17) is 10.5 Å². The number of amides is 1. The van der Waals surface area contributed by atoms with Crippen LogP contribution < -0.4 is 15.8 Å². The number of nitrogens with zero attached hydrogens (tertiary/aromatic N) is 1. The molecule has 1 aromatic carbocycles. The van der Waals surface area contributed by atoms with Crippen molar-refractivity contribution in [2.75, 3.05) is 13.2 Å². The summed E-state index contributed by atoms with van der Waals surface area (Å²) in [6.45, 7) is 7.31. The molecule has 1 heterocycles. The molecule has 2 aromatic rings. The maximum absolute atomic E-state index is 12.2. The number of benzene rings is 1. The van der Waals surface area contributed by atoms with Gasteiger partial charge in [0.25, 0.3) is 0 Å². The van der Waals surface area contributed by atoms with E-state index in [0.717, 1.165) is 28.4 Å². The Labute approximate surface area is 177 Å². The van der Waals surface area contributed by atoms with Crippen LogP contribution in [0.2, 0.25) is 0 Å². The minimum absolute atomic E-state index is 0. The summed E-state index contributed by atoms with van der Waals surface area (Å²) in [7, 11) is 0. The number of hydrogen-bond donors (Lipinski definition) is 2. The molecule has 1 aromatic heterocycles. The summed E-state index contributed by atoms with van der Waals surface area (Å²) in [4.78, 5) is 16.8. The van der Waals surface area contributed by atoms with E-state index in [-0.39, 0.29) is 43.2 Å². The van der Waals surface area contributed by atoms with Gasteiger partial charge in [0.15, 0.2) is 0 Å². The zero-order valence-corrected chi connectivity index (χ0v) is 18.4.